The Morgan fingerprint density at radius 3 is 2.62 bits per heavy atom. The van der Waals surface area contributed by atoms with E-state index < -0.39 is 0 Å². The van der Waals surface area contributed by atoms with Crippen molar-refractivity contribution in [2.24, 2.45) is 0 Å². The van der Waals surface area contributed by atoms with Crippen LogP contribution >= 0.6 is 0 Å². The fraction of sp³-hybridized carbons (Fsp3) is 0.833. The van der Waals surface area contributed by atoms with E-state index in [9.17, 15) is 0 Å². The van der Waals surface area contributed by atoms with E-state index in [1.165, 1.54) is 6.42 Å². The standard InChI is InChI=1S/C6H12NO/c1-7-5-3-2-4-6(7)8/h8H,2-5H2,1H3. The molecule has 2 nitrogen and oxygen atoms in total. The van der Waals surface area contributed by atoms with Gasteiger partial charge in [-0.1, -0.05) is 0 Å². The van der Waals surface area contributed by atoms with Crippen molar-refractivity contribution >= 4 is 0 Å². The summed E-state index contributed by atoms with van der Waals surface area (Å²) in [6.45, 7) is 1.02. The molecule has 0 bridgehead atoms. The van der Waals surface area contributed by atoms with E-state index in [1.807, 2.05) is 11.9 Å². The third-order valence-corrected chi connectivity index (χ3v) is 1.58. The Kier molecular flexibility index (Phi) is 1.86. The predicted molar refractivity (Wildman–Crippen MR) is 31.7 cm³/mol. The van der Waals surface area contributed by atoms with Crippen LogP contribution in [0, 0.1) is 6.23 Å². The molecule has 2 heteroatoms. The van der Waals surface area contributed by atoms with Gasteiger partial charge in [0.2, 0.25) is 0 Å². The lowest BCUT2D eigenvalue weighted by molar-refractivity contribution is 0.0990. The normalized spacial score (nSPS) is 26.2. The number of hydrogen-bond acceptors (Lipinski definition) is 2. The summed E-state index contributed by atoms with van der Waals surface area (Å²) in [4.78, 5) is 1.91. The molecule has 0 spiro atoms. The summed E-state index contributed by atoms with van der Waals surface area (Å²) in [5, 5.41) is 9.02. The van der Waals surface area contributed by atoms with Gasteiger partial charge >= 0.3 is 0 Å². The Hall–Kier alpha value is -0.0800. The molecule has 1 fully saturated rings. The minimum absolute atomic E-state index is 0.552. The maximum Gasteiger partial charge on any atom is 0.161 e. The third kappa shape index (κ3) is 1.20. The van der Waals surface area contributed by atoms with E-state index >= 15 is 0 Å². The van der Waals surface area contributed by atoms with E-state index in [0.717, 1.165) is 19.4 Å². The fourth-order valence-electron chi connectivity index (χ4n) is 0.952. The maximum absolute atomic E-state index is 9.02. The lowest BCUT2D eigenvalue weighted by atomic mass is 10.1. The summed E-state index contributed by atoms with van der Waals surface area (Å²) in [6, 6.07) is 0. The summed E-state index contributed by atoms with van der Waals surface area (Å²) in [5.74, 6) is 0. The highest BCUT2D eigenvalue weighted by Crippen LogP contribution is 2.17. The zero-order valence-electron chi connectivity index (χ0n) is 5.22. The van der Waals surface area contributed by atoms with Gasteiger partial charge in [-0.2, -0.15) is 0 Å². The van der Waals surface area contributed by atoms with Crippen LogP contribution in [0.2, 0.25) is 0 Å². The first-order chi connectivity index (χ1) is 3.80. The van der Waals surface area contributed by atoms with Crippen molar-refractivity contribution in [3.8, 4) is 0 Å². The molecule has 1 rings (SSSR count). The first-order valence-electron chi connectivity index (χ1n) is 3.06. The number of aliphatic hydroxyl groups is 1. The first-order valence-corrected chi connectivity index (χ1v) is 3.06. The molecule has 0 aromatic rings. The van der Waals surface area contributed by atoms with Crippen LogP contribution in [0.25, 0.3) is 0 Å². The van der Waals surface area contributed by atoms with Crippen molar-refractivity contribution in [2.45, 2.75) is 19.3 Å². The van der Waals surface area contributed by atoms with Crippen LogP contribution < -0.4 is 0 Å². The highest BCUT2D eigenvalue weighted by molar-refractivity contribution is 4.78. The number of piperidine rings is 1. The van der Waals surface area contributed by atoms with Crippen LogP contribution in [-0.2, 0) is 0 Å². The Morgan fingerprint density at radius 1 is 1.50 bits per heavy atom. The van der Waals surface area contributed by atoms with Crippen LogP contribution in [0.1, 0.15) is 19.3 Å². The monoisotopic (exact) mass is 114 g/mol. The highest BCUT2D eigenvalue weighted by Gasteiger charge is 2.15. The quantitative estimate of drug-likeness (QED) is 0.507. The molecule has 0 atom stereocenters. The minimum atomic E-state index is 0.552. The Labute approximate surface area is 50.1 Å². The van der Waals surface area contributed by atoms with Gasteiger partial charge < -0.3 is 5.11 Å². The number of likely N-dealkylation sites (tertiary alicyclic amines) is 1. The van der Waals surface area contributed by atoms with E-state index in [0.29, 0.717) is 6.23 Å². The first kappa shape index (κ1) is 6.05. The molecule has 47 valence electrons. The molecule has 1 N–H and O–H groups in total. The van der Waals surface area contributed by atoms with Gasteiger partial charge in [0, 0.05) is 6.54 Å². The Morgan fingerprint density at radius 2 is 2.25 bits per heavy atom. The minimum Gasteiger partial charge on any atom is -0.371 e. The second-order valence-electron chi connectivity index (χ2n) is 2.29. The van der Waals surface area contributed by atoms with Crippen LogP contribution in [-0.4, -0.2) is 23.6 Å². The average Bonchev–Trinajstić information content (AvgIpc) is 1.77. The maximum atomic E-state index is 9.02. The molecule has 1 radical (unpaired) electrons. The van der Waals surface area contributed by atoms with E-state index in [2.05, 4.69) is 0 Å². The van der Waals surface area contributed by atoms with Gasteiger partial charge in [-0.25, -0.2) is 0 Å². The molecule has 0 aromatic carbocycles. The van der Waals surface area contributed by atoms with Gasteiger partial charge in [-0.15, -0.1) is 0 Å². The molecule has 0 aromatic heterocycles. The number of hydrogen-bond donors (Lipinski definition) is 1. The van der Waals surface area contributed by atoms with Gasteiger partial charge in [0.15, 0.2) is 6.23 Å². The lowest BCUT2D eigenvalue weighted by Crippen LogP contribution is -2.28. The number of rotatable bonds is 0. The van der Waals surface area contributed by atoms with E-state index in [-0.39, 0.29) is 0 Å². The molecule has 1 aliphatic heterocycles. The SMILES string of the molecule is CN1CCCC[C]1O. The zero-order chi connectivity index (χ0) is 5.98. The van der Waals surface area contributed by atoms with Crippen molar-refractivity contribution in [1.82, 2.24) is 4.90 Å². The summed E-state index contributed by atoms with van der Waals surface area (Å²) in [6.07, 6.45) is 3.80. The number of nitrogens with zero attached hydrogens (tertiary/aromatic N) is 1. The molecule has 0 unspecified atom stereocenters. The summed E-state index contributed by atoms with van der Waals surface area (Å²) in [5.41, 5.74) is 0. The van der Waals surface area contributed by atoms with Crippen LogP contribution in [0.15, 0.2) is 0 Å². The topological polar surface area (TPSA) is 23.5 Å². The van der Waals surface area contributed by atoms with Crippen molar-refractivity contribution < 1.29 is 5.11 Å². The van der Waals surface area contributed by atoms with Crippen LogP contribution in [0.5, 0.6) is 0 Å². The van der Waals surface area contributed by atoms with Gasteiger partial charge in [0.05, 0.1) is 0 Å². The van der Waals surface area contributed by atoms with Crippen molar-refractivity contribution in [3.05, 3.63) is 6.23 Å². The lowest BCUT2D eigenvalue weighted by Gasteiger charge is -2.26. The van der Waals surface area contributed by atoms with Crippen LogP contribution in [0.3, 0.4) is 0 Å². The molecule has 1 heterocycles. The van der Waals surface area contributed by atoms with Crippen molar-refractivity contribution in [1.29, 1.82) is 0 Å². The highest BCUT2D eigenvalue weighted by atomic mass is 16.3. The number of aliphatic hydroxyl groups excluding tert-OH is 1. The largest absolute Gasteiger partial charge is 0.371 e. The second kappa shape index (κ2) is 2.46. The molecule has 0 aliphatic carbocycles. The summed E-state index contributed by atoms with van der Waals surface area (Å²) in [7, 11) is 1.93. The molecular formula is C6H12NO. The molecule has 0 amide bonds. The summed E-state index contributed by atoms with van der Waals surface area (Å²) >= 11 is 0. The average molecular weight is 114 g/mol. The van der Waals surface area contributed by atoms with Gasteiger partial charge in [0.25, 0.3) is 0 Å². The van der Waals surface area contributed by atoms with E-state index in [1.54, 1.807) is 0 Å². The van der Waals surface area contributed by atoms with Crippen LogP contribution in [0.4, 0.5) is 0 Å². The predicted octanol–water partition coefficient (Wildman–Crippen LogP) is 0.964. The zero-order valence-corrected chi connectivity index (χ0v) is 5.22. The van der Waals surface area contributed by atoms with Gasteiger partial charge in [-0.3, -0.25) is 4.90 Å². The molecule has 0 saturated carbocycles. The third-order valence-electron chi connectivity index (χ3n) is 1.58. The molecular weight excluding hydrogens is 102 g/mol. The van der Waals surface area contributed by atoms with Gasteiger partial charge in [-0.05, 0) is 26.3 Å². The molecule has 1 saturated heterocycles. The van der Waals surface area contributed by atoms with Crippen molar-refractivity contribution in [2.75, 3.05) is 13.6 Å². The van der Waals surface area contributed by atoms with E-state index in [4.69, 9.17) is 5.11 Å². The smallest absolute Gasteiger partial charge is 0.161 e. The second-order valence-corrected chi connectivity index (χ2v) is 2.29. The summed E-state index contributed by atoms with van der Waals surface area (Å²) < 4.78 is 0. The Balaban J connectivity index is 2.28. The van der Waals surface area contributed by atoms with Gasteiger partial charge in [0.1, 0.15) is 0 Å². The Bertz CT molecular complexity index is 64.9. The molecule has 8 heavy (non-hydrogen) atoms. The van der Waals surface area contributed by atoms with Crippen molar-refractivity contribution in [3.63, 3.8) is 0 Å². The fourth-order valence-corrected chi connectivity index (χ4v) is 0.952. The molecule has 1 aliphatic rings.